The van der Waals surface area contributed by atoms with E-state index in [9.17, 15) is 9.59 Å². The molecule has 0 atom stereocenters. The normalized spacial score (nSPS) is 10.3. The number of pyridine rings is 1. The van der Waals surface area contributed by atoms with Crippen molar-refractivity contribution in [3.05, 3.63) is 32.7 Å². The lowest BCUT2D eigenvalue weighted by molar-refractivity contribution is -0.121. The van der Waals surface area contributed by atoms with Gasteiger partial charge in [0.1, 0.15) is 6.54 Å². The van der Waals surface area contributed by atoms with Gasteiger partial charge in [-0.1, -0.05) is 13.3 Å². The first kappa shape index (κ1) is 14.0. The summed E-state index contributed by atoms with van der Waals surface area (Å²) in [5.74, 6) is -0.127. The number of amides is 1. The van der Waals surface area contributed by atoms with Crippen molar-refractivity contribution in [2.75, 3.05) is 6.54 Å². The Balaban J connectivity index is 2.68. The van der Waals surface area contributed by atoms with E-state index >= 15 is 0 Å². The number of aromatic nitrogens is 1. The van der Waals surface area contributed by atoms with Crippen LogP contribution < -0.4 is 10.9 Å². The lowest BCUT2D eigenvalue weighted by atomic mass is 10.3. The van der Waals surface area contributed by atoms with Gasteiger partial charge in [-0.05, 0) is 40.9 Å². The minimum atomic E-state index is -0.179. The molecule has 5 heteroatoms. The van der Waals surface area contributed by atoms with Gasteiger partial charge in [-0.15, -0.1) is 0 Å². The smallest absolute Gasteiger partial charge is 0.265 e. The Morgan fingerprint density at radius 3 is 2.88 bits per heavy atom. The van der Waals surface area contributed by atoms with Crippen LogP contribution in [0.3, 0.4) is 0 Å². The van der Waals surface area contributed by atoms with E-state index in [1.807, 2.05) is 6.92 Å². The van der Waals surface area contributed by atoms with Gasteiger partial charge in [0, 0.05) is 12.7 Å². The van der Waals surface area contributed by atoms with Crippen molar-refractivity contribution in [1.29, 1.82) is 0 Å². The summed E-state index contributed by atoms with van der Waals surface area (Å²) in [6, 6.07) is 1.74. The average molecular weight is 301 g/mol. The second-order valence-electron chi connectivity index (χ2n) is 4.00. The van der Waals surface area contributed by atoms with Gasteiger partial charge in [-0.3, -0.25) is 9.59 Å². The van der Waals surface area contributed by atoms with E-state index in [0.29, 0.717) is 11.0 Å². The molecule has 0 unspecified atom stereocenters. The van der Waals surface area contributed by atoms with Crippen LogP contribution >= 0.6 is 15.9 Å². The fourth-order valence-corrected chi connectivity index (χ4v) is 2.06. The molecule has 1 amide bonds. The highest BCUT2D eigenvalue weighted by atomic mass is 79.9. The molecule has 1 heterocycles. The van der Waals surface area contributed by atoms with Crippen LogP contribution in [0.15, 0.2) is 21.5 Å². The number of nitrogens with zero attached hydrogens (tertiary/aromatic N) is 1. The molecule has 0 aliphatic heterocycles. The monoisotopic (exact) mass is 300 g/mol. The van der Waals surface area contributed by atoms with Crippen molar-refractivity contribution in [2.45, 2.75) is 33.2 Å². The lowest BCUT2D eigenvalue weighted by Gasteiger charge is -2.08. The summed E-state index contributed by atoms with van der Waals surface area (Å²) < 4.78 is 1.90. The number of carbonyl (C=O) groups excluding carboxylic acids is 1. The van der Waals surface area contributed by atoms with Gasteiger partial charge in [0.05, 0.1) is 4.47 Å². The second-order valence-corrected chi connectivity index (χ2v) is 4.86. The highest BCUT2D eigenvalue weighted by Gasteiger charge is 2.06. The molecule has 1 rings (SSSR count). The molecule has 0 bridgehead atoms. The van der Waals surface area contributed by atoms with Gasteiger partial charge in [-0.2, -0.15) is 0 Å². The Morgan fingerprint density at radius 2 is 2.24 bits per heavy atom. The number of carbonyl (C=O) groups is 1. The fraction of sp³-hybridized carbons (Fsp3) is 0.500. The van der Waals surface area contributed by atoms with Crippen LogP contribution in [0.1, 0.15) is 25.3 Å². The molecule has 1 N–H and O–H groups in total. The van der Waals surface area contributed by atoms with E-state index in [4.69, 9.17) is 0 Å². The predicted octanol–water partition coefficient (Wildman–Crippen LogP) is 1.84. The summed E-state index contributed by atoms with van der Waals surface area (Å²) in [6.07, 6.45) is 3.68. The standard InChI is InChI=1S/C12H17BrN2O2/c1-3-4-5-14-11(16)8-15-7-9(2)6-10(13)12(15)17/h6-7H,3-5,8H2,1-2H3,(H,14,16). The zero-order valence-electron chi connectivity index (χ0n) is 10.1. The minimum Gasteiger partial charge on any atom is -0.355 e. The average Bonchev–Trinajstić information content (AvgIpc) is 2.25. The predicted molar refractivity (Wildman–Crippen MR) is 71.1 cm³/mol. The number of halogens is 1. The van der Waals surface area contributed by atoms with Gasteiger partial charge in [0.25, 0.3) is 5.56 Å². The van der Waals surface area contributed by atoms with Gasteiger partial charge in [0.2, 0.25) is 5.91 Å². The maximum absolute atomic E-state index is 11.7. The van der Waals surface area contributed by atoms with Crippen LogP contribution in [0.25, 0.3) is 0 Å². The van der Waals surface area contributed by atoms with Crippen LogP contribution in [0.4, 0.5) is 0 Å². The molecule has 4 nitrogen and oxygen atoms in total. The SMILES string of the molecule is CCCCNC(=O)Cn1cc(C)cc(Br)c1=O. The summed E-state index contributed by atoms with van der Waals surface area (Å²) >= 11 is 3.19. The highest BCUT2D eigenvalue weighted by Crippen LogP contribution is 2.05. The lowest BCUT2D eigenvalue weighted by Crippen LogP contribution is -2.32. The number of nitrogens with one attached hydrogen (secondary N) is 1. The summed E-state index contributed by atoms with van der Waals surface area (Å²) in [5, 5.41) is 2.78. The largest absolute Gasteiger partial charge is 0.355 e. The van der Waals surface area contributed by atoms with Crippen molar-refractivity contribution in [3.63, 3.8) is 0 Å². The Hall–Kier alpha value is -1.10. The van der Waals surface area contributed by atoms with Gasteiger partial charge in [-0.25, -0.2) is 0 Å². The van der Waals surface area contributed by atoms with Crippen LogP contribution in [0.5, 0.6) is 0 Å². The molecule has 0 radical (unpaired) electrons. The van der Waals surface area contributed by atoms with Crippen LogP contribution in [0, 0.1) is 6.92 Å². The zero-order valence-corrected chi connectivity index (χ0v) is 11.7. The minimum absolute atomic E-state index is 0.0722. The van der Waals surface area contributed by atoms with Crippen LogP contribution in [0.2, 0.25) is 0 Å². The maximum atomic E-state index is 11.7. The number of unbranched alkanes of at least 4 members (excludes halogenated alkanes) is 1. The van der Waals surface area contributed by atoms with Crippen molar-refractivity contribution >= 4 is 21.8 Å². The van der Waals surface area contributed by atoms with E-state index in [2.05, 4.69) is 28.2 Å². The molecule has 0 saturated carbocycles. The number of hydrogen-bond donors (Lipinski definition) is 1. The van der Waals surface area contributed by atoms with E-state index < -0.39 is 0 Å². The third kappa shape index (κ3) is 4.34. The van der Waals surface area contributed by atoms with Crippen molar-refractivity contribution in [1.82, 2.24) is 9.88 Å². The molecule has 94 valence electrons. The van der Waals surface area contributed by atoms with Crippen LogP contribution in [-0.4, -0.2) is 17.0 Å². The van der Waals surface area contributed by atoms with Crippen LogP contribution in [-0.2, 0) is 11.3 Å². The van der Waals surface area contributed by atoms with Gasteiger partial charge in [0.15, 0.2) is 0 Å². The molecule has 1 aromatic heterocycles. The molecule has 17 heavy (non-hydrogen) atoms. The Labute approximate surface area is 109 Å². The number of rotatable bonds is 5. The number of aryl methyl sites for hydroxylation is 1. The second kappa shape index (κ2) is 6.59. The maximum Gasteiger partial charge on any atom is 0.265 e. The highest BCUT2D eigenvalue weighted by molar-refractivity contribution is 9.10. The summed E-state index contributed by atoms with van der Waals surface area (Å²) in [7, 11) is 0. The molecule has 0 aliphatic rings. The summed E-state index contributed by atoms with van der Waals surface area (Å²) in [4.78, 5) is 23.3. The third-order valence-corrected chi connectivity index (χ3v) is 2.91. The molecular weight excluding hydrogens is 284 g/mol. The van der Waals surface area contributed by atoms with Gasteiger partial charge < -0.3 is 9.88 Å². The van der Waals surface area contributed by atoms with E-state index in [-0.39, 0.29) is 18.0 Å². The molecule has 0 fully saturated rings. The Morgan fingerprint density at radius 1 is 1.53 bits per heavy atom. The molecule has 1 aromatic rings. The Bertz CT molecular complexity index is 454. The van der Waals surface area contributed by atoms with Gasteiger partial charge >= 0.3 is 0 Å². The Kier molecular flexibility index (Phi) is 5.41. The van der Waals surface area contributed by atoms with E-state index in [1.54, 1.807) is 12.3 Å². The molecule has 0 aromatic carbocycles. The first-order valence-electron chi connectivity index (χ1n) is 5.68. The fourth-order valence-electron chi connectivity index (χ4n) is 1.47. The number of hydrogen-bond acceptors (Lipinski definition) is 2. The quantitative estimate of drug-likeness (QED) is 0.844. The molecular formula is C12H17BrN2O2. The first-order chi connectivity index (χ1) is 8.04. The van der Waals surface area contributed by atoms with Crippen molar-refractivity contribution in [2.24, 2.45) is 0 Å². The summed E-state index contributed by atoms with van der Waals surface area (Å²) in [6.45, 7) is 4.68. The van der Waals surface area contributed by atoms with Crippen molar-refractivity contribution in [3.8, 4) is 0 Å². The van der Waals surface area contributed by atoms with Crippen molar-refractivity contribution < 1.29 is 4.79 Å². The molecule has 0 aliphatic carbocycles. The molecule has 0 spiro atoms. The summed E-state index contributed by atoms with van der Waals surface area (Å²) in [5.41, 5.74) is 0.763. The first-order valence-corrected chi connectivity index (χ1v) is 6.47. The van der Waals surface area contributed by atoms with E-state index in [0.717, 1.165) is 18.4 Å². The topological polar surface area (TPSA) is 51.1 Å². The van der Waals surface area contributed by atoms with E-state index in [1.165, 1.54) is 4.57 Å². The molecule has 0 saturated heterocycles. The zero-order chi connectivity index (χ0) is 12.8. The third-order valence-electron chi connectivity index (χ3n) is 2.35.